The molecule has 1 saturated heterocycles. The molecular formula is C15H18ClF3N2O4S. The maximum Gasteiger partial charge on any atom is 0.417 e. The molecule has 1 fully saturated rings. The molecule has 0 radical (unpaired) electrons. The van der Waals surface area contributed by atoms with Crippen molar-refractivity contribution in [2.24, 2.45) is 0 Å². The molecule has 6 nitrogen and oxygen atoms in total. The normalized spacial score (nSPS) is 16.6. The highest BCUT2D eigenvalue weighted by Crippen LogP contribution is 2.36. The van der Waals surface area contributed by atoms with E-state index in [0.29, 0.717) is 32.0 Å². The molecule has 0 aromatic heterocycles. The van der Waals surface area contributed by atoms with Gasteiger partial charge in [-0.15, -0.1) is 0 Å². The van der Waals surface area contributed by atoms with Crippen LogP contribution >= 0.6 is 11.6 Å². The van der Waals surface area contributed by atoms with E-state index in [1.54, 1.807) is 6.92 Å². The van der Waals surface area contributed by atoms with Gasteiger partial charge >= 0.3 is 12.3 Å². The Labute approximate surface area is 154 Å². The number of halogens is 4. The van der Waals surface area contributed by atoms with Crippen molar-refractivity contribution in [1.82, 2.24) is 9.62 Å². The Bertz CT molecular complexity index is 763. The smallest absolute Gasteiger partial charge is 0.417 e. The molecule has 1 aromatic rings. The molecule has 11 heteroatoms. The molecule has 1 amide bonds. The van der Waals surface area contributed by atoms with Crippen LogP contribution in [0.15, 0.2) is 23.1 Å². The highest BCUT2D eigenvalue weighted by Gasteiger charge is 2.35. The van der Waals surface area contributed by atoms with E-state index in [2.05, 4.69) is 4.72 Å². The average Bonchev–Trinajstić information content (AvgIpc) is 2.54. The molecule has 0 spiro atoms. The summed E-state index contributed by atoms with van der Waals surface area (Å²) in [5.41, 5.74) is -1.21. The van der Waals surface area contributed by atoms with Crippen LogP contribution in [0, 0.1) is 0 Å². The van der Waals surface area contributed by atoms with Crippen LogP contribution in [0.25, 0.3) is 0 Å². The summed E-state index contributed by atoms with van der Waals surface area (Å²) in [6, 6.07) is 1.95. The summed E-state index contributed by atoms with van der Waals surface area (Å²) in [6.45, 7) is 2.50. The lowest BCUT2D eigenvalue weighted by molar-refractivity contribution is -0.137. The highest BCUT2D eigenvalue weighted by molar-refractivity contribution is 7.89. The van der Waals surface area contributed by atoms with Crippen LogP contribution < -0.4 is 4.72 Å². The van der Waals surface area contributed by atoms with Crippen molar-refractivity contribution >= 4 is 27.7 Å². The number of likely N-dealkylation sites (tertiary alicyclic amines) is 1. The second-order valence-electron chi connectivity index (χ2n) is 5.72. The molecule has 1 aliphatic rings. The number of amides is 1. The molecule has 0 aliphatic carbocycles. The molecule has 0 bridgehead atoms. The van der Waals surface area contributed by atoms with Crippen molar-refractivity contribution in [3.8, 4) is 0 Å². The Balaban J connectivity index is 2.07. The zero-order chi connectivity index (χ0) is 19.5. The number of nitrogens with one attached hydrogen (secondary N) is 1. The Hall–Kier alpha value is -1.52. The number of benzene rings is 1. The molecule has 2 rings (SSSR count). The lowest BCUT2D eigenvalue weighted by atomic mass is 10.1. The minimum Gasteiger partial charge on any atom is -0.450 e. The number of nitrogens with zero attached hydrogens (tertiary/aromatic N) is 1. The maximum absolute atomic E-state index is 12.9. The third-order valence-electron chi connectivity index (χ3n) is 3.90. The van der Waals surface area contributed by atoms with Gasteiger partial charge in [-0.25, -0.2) is 17.9 Å². The van der Waals surface area contributed by atoms with Gasteiger partial charge < -0.3 is 9.64 Å². The summed E-state index contributed by atoms with van der Waals surface area (Å²) < 4.78 is 70.7. The number of sulfonamides is 1. The van der Waals surface area contributed by atoms with Crippen LogP contribution in [0.1, 0.15) is 25.3 Å². The first kappa shape index (κ1) is 20.8. The SMILES string of the molecule is CCOC(=O)N1CCC(NS(=O)(=O)c2ccc(Cl)c(C(F)(F)F)c2)CC1. The predicted octanol–water partition coefficient (Wildman–Crippen LogP) is 3.26. The molecule has 0 saturated carbocycles. The largest absolute Gasteiger partial charge is 0.450 e. The van der Waals surface area contributed by atoms with Gasteiger partial charge in [-0.3, -0.25) is 0 Å². The van der Waals surface area contributed by atoms with Crippen molar-refractivity contribution in [2.45, 2.75) is 36.9 Å². The summed E-state index contributed by atoms with van der Waals surface area (Å²) >= 11 is 5.51. The van der Waals surface area contributed by atoms with Gasteiger partial charge in [0.1, 0.15) is 0 Å². The molecule has 1 aliphatic heterocycles. The van der Waals surface area contributed by atoms with Crippen molar-refractivity contribution in [2.75, 3.05) is 19.7 Å². The van der Waals surface area contributed by atoms with Crippen LogP contribution in [0.2, 0.25) is 5.02 Å². The Morgan fingerprint density at radius 2 is 1.96 bits per heavy atom. The number of carbonyl (C=O) groups is 1. The summed E-state index contributed by atoms with van der Waals surface area (Å²) in [4.78, 5) is 12.6. The topological polar surface area (TPSA) is 75.7 Å². The number of hydrogen-bond acceptors (Lipinski definition) is 4. The van der Waals surface area contributed by atoms with Gasteiger partial charge in [0.05, 0.1) is 22.1 Å². The van der Waals surface area contributed by atoms with E-state index >= 15 is 0 Å². The molecule has 26 heavy (non-hydrogen) atoms. The van der Waals surface area contributed by atoms with Gasteiger partial charge in [0.25, 0.3) is 0 Å². The van der Waals surface area contributed by atoms with E-state index in [4.69, 9.17) is 16.3 Å². The van der Waals surface area contributed by atoms with Crippen LogP contribution in [0.5, 0.6) is 0 Å². The Morgan fingerprint density at radius 1 is 1.35 bits per heavy atom. The first-order chi connectivity index (χ1) is 12.0. The van der Waals surface area contributed by atoms with E-state index in [0.717, 1.165) is 12.1 Å². The molecule has 1 aromatic carbocycles. The van der Waals surface area contributed by atoms with Gasteiger partial charge in [-0.2, -0.15) is 13.2 Å². The van der Waals surface area contributed by atoms with Gasteiger partial charge in [0.15, 0.2) is 0 Å². The summed E-state index contributed by atoms with van der Waals surface area (Å²) in [6.07, 6.45) is -4.57. The second kappa shape index (κ2) is 8.01. The highest BCUT2D eigenvalue weighted by atomic mass is 35.5. The van der Waals surface area contributed by atoms with Gasteiger partial charge in [-0.1, -0.05) is 11.6 Å². The third-order valence-corrected chi connectivity index (χ3v) is 5.74. The standard InChI is InChI=1S/C15H18ClF3N2O4S/c1-2-25-14(22)21-7-5-10(6-8-21)20-26(23,24)11-3-4-13(16)12(9-11)15(17,18)19/h3-4,9-10,20H,2,5-8H2,1H3. The maximum atomic E-state index is 12.9. The van der Waals surface area contributed by atoms with Crippen LogP contribution in [-0.2, 0) is 20.9 Å². The summed E-state index contributed by atoms with van der Waals surface area (Å²) in [5.74, 6) is 0. The molecule has 146 valence electrons. The van der Waals surface area contributed by atoms with Crippen molar-refractivity contribution in [3.05, 3.63) is 28.8 Å². The first-order valence-electron chi connectivity index (χ1n) is 7.85. The molecule has 1 heterocycles. The zero-order valence-electron chi connectivity index (χ0n) is 13.8. The lowest BCUT2D eigenvalue weighted by Gasteiger charge is -2.31. The summed E-state index contributed by atoms with van der Waals surface area (Å²) in [7, 11) is -4.15. The molecule has 1 N–H and O–H groups in total. The van der Waals surface area contributed by atoms with Gasteiger partial charge in [0.2, 0.25) is 10.0 Å². The summed E-state index contributed by atoms with van der Waals surface area (Å²) in [5, 5.41) is -0.570. The second-order valence-corrected chi connectivity index (χ2v) is 7.84. The van der Waals surface area contributed by atoms with E-state index in [1.165, 1.54) is 4.90 Å². The zero-order valence-corrected chi connectivity index (χ0v) is 15.4. The van der Waals surface area contributed by atoms with Crippen molar-refractivity contribution in [3.63, 3.8) is 0 Å². The van der Waals surface area contributed by atoms with E-state index in [1.807, 2.05) is 0 Å². The number of ether oxygens (including phenoxy) is 1. The van der Waals surface area contributed by atoms with Gasteiger partial charge in [0, 0.05) is 19.1 Å². The van der Waals surface area contributed by atoms with E-state index < -0.39 is 43.8 Å². The molecule has 0 atom stereocenters. The predicted molar refractivity (Wildman–Crippen MR) is 88.4 cm³/mol. The fraction of sp³-hybridized carbons (Fsp3) is 0.533. The fourth-order valence-corrected chi connectivity index (χ4v) is 4.13. The minimum atomic E-state index is -4.76. The number of alkyl halides is 3. The Kier molecular flexibility index (Phi) is 6.41. The van der Waals surface area contributed by atoms with E-state index in [9.17, 15) is 26.4 Å². The average molecular weight is 415 g/mol. The number of rotatable bonds is 4. The first-order valence-corrected chi connectivity index (χ1v) is 9.71. The molecular weight excluding hydrogens is 397 g/mol. The quantitative estimate of drug-likeness (QED) is 0.820. The van der Waals surface area contributed by atoms with Crippen molar-refractivity contribution in [1.29, 1.82) is 0 Å². The number of hydrogen-bond donors (Lipinski definition) is 1. The Morgan fingerprint density at radius 3 is 2.50 bits per heavy atom. The minimum absolute atomic E-state index is 0.240. The van der Waals surface area contributed by atoms with Crippen LogP contribution in [0.3, 0.4) is 0 Å². The van der Waals surface area contributed by atoms with Crippen molar-refractivity contribution < 1.29 is 31.1 Å². The van der Waals surface area contributed by atoms with Crippen LogP contribution in [0.4, 0.5) is 18.0 Å². The number of piperidine rings is 1. The monoisotopic (exact) mass is 414 g/mol. The lowest BCUT2D eigenvalue weighted by Crippen LogP contribution is -2.46. The van der Waals surface area contributed by atoms with E-state index in [-0.39, 0.29) is 6.61 Å². The number of carbonyl (C=O) groups excluding carboxylic acids is 1. The third kappa shape index (κ3) is 5.01. The fourth-order valence-electron chi connectivity index (χ4n) is 2.57. The molecule has 0 unspecified atom stereocenters. The van der Waals surface area contributed by atoms with Gasteiger partial charge in [-0.05, 0) is 38.0 Å². The van der Waals surface area contributed by atoms with Crippen LogP contribution in [-0.4, -0.2) is 45.1 Å².